The Morgan fingerprint density at radius 1 is 1.16 bits per heavy atom. The zero-order valence-corrected chi connectivity index (χ0v) is 20.3. The highest BCUT2D eigenvalue weighted by Gasteiger charge is 2.29. The maximum Gasteiger partial charge on any atom is 0.264 e. The van der Waals surface area contributed by atoms with Crippen LogP contribution < -0.4 is 9.62 Å². The third kappa shape index (κ3) is 5.57. The molecule has 0 aliphatic rings. The minimum absolute atomic E-state index is 0.0859. The number of nitrogens with one attached hydrogen (secondary N) is 1. The average molecular weight is 497 g/mol. The molecule has 0 bridgehead atoms. The fourth-order valence-electron chi connectivity index (χ4n) is 2.73. The number of amides is 1. The number of rotatable bonds is 8. The molecule has 1 N–H and O–H groups in total. The summed E-state index contributed by atoms with van der Waals surface area (Å²) in [4.78, 5) is 12.9. The van der Waals surface area contributed by atoms with Crippen LogP contribution in [0.1, 0.15) is 18.1 Å². The monoisotopic (exact) mass is 496 g/mol. The maximum absolute atomic E-state index is 13.5. The largest absolute Gasteiger partial charge is 0.299 e. The van der Waals surface area contributed by atoms with E-state index in [0.29, 0.717) is 21.4 Å². The van der Waals surface area contributed by atoms with Gasteiger partial charge in [-0.05, 0) is 49.4 Å². The van der Waals surface area contributed by atoms with E-state index in [2.05, 4.69) is 15.5 Å². The van der Waals surface area contributed by atoms with Crippen molar-refractivity contribution >= 4 is 61.4 Å². The predicted molar refractivity (Wildman–Crippen MR) is 127 cm³/mol. The Labute approximate surface area is 194 Å². The predicted octanol–water partition coefficient (Wildman–Crippen LogP) is 4.75. The van der Waals surface area contributed by atoms with Crippen LogP contribution in [0.2, 0.25) is 5.02 Å². The molecule has 0 saturated carbocycles. The first-order chi connectivity index (χ1) is 14.7. The van der Waals surface area contributed by atoms with E-state index < -0.39 is 22.5 Å². The lowest BCUT2D eigenvalue weighted by Crippen LogP contribution is -2.38. The van der Waals surface area contributed by atoms with Gasteiger partial charge in [0.1, 0.15) is 6.54 Å². The Hall–Kier alpha value is -2.14. The minimum atomic E-state index is -4.02. The van der Waals surface area contributed by atoms with Crippen molar-refractivity contribution in [3.05, 3.63) is 58.6 Å². The van der Waals surface area contributed by atoms with Crippen molar-refractivity contribution in [1.29, 1.82) is 0 Å². The molecule has 7 nitrogen and oxygen atoms in total. The molecule has 0 aliphatic heterocycles. The highest BCUT2D eigenvalue weighted by atomic mass is 35.5. The molecule has 1 amide bonds. The van der Waals surface area contributed by atoms with Crippen molar-refractivity contribution in [3.63, 3.8) is 0 Å². The number of halogens is 1. The van der Waals surface area contributed by atoms with E-state index in [9.17, 15) is 13.2 Å². The third-order valence-corrected chi connectivity index (χ3v) is 8.36. The van der Waals surface area contributed by atoms with Crippen LogP contribution in [-0.4, -0.2) is 36.8 Å². The maximum atomic E-state index is 13.5. The van der Waals surface area contributed by atoms with Gasteiger partial charge in [-0.1, -0.05) is 65.4 Å². The van der Waals surface area contributed by atoms with Crippen LogP contribution in [0, 0.1) is 13.8 Å². The molecule has 0 spiro atoms. The molecule has 0 unspecified atom stereocenters. The van der Waals surface area contributed by atoms with Crippen LogP contribution in [0.5, 0.6) is 0 Å². The first kappa shape index (κ1) is 23.5. The number of anilines is 2. The fourth-order valence-corrected chi connectivity index (χ4v) is 6.05. The standard InChI is InChI=1S/C20H21ClN4O3S3/c1-4-29-20-24-23-19(30-20)22-18(26)12-25(17-7-5-6-16(21)14(17)3)31(27,28)15-10-8-13(2)9-11-15/h5-11H,4,12H2,1-3H3,(H,22,23,26). The number of nitrogens with zero attached hydrogens (tertiary/aromatic N) is 3. The van der Waals surface area contributed by atoms with Crippen molar-refractivity contribution in [1.82, 2.24) is 10.2 Å². The number of carbonyl (C=O) groups is 1. The van der Waals surface area contributed by atoms with Crippen molar-refractivity contribution in [3.8, 4) is 0 Å². The third-order valence-electron chi connectivity index (χ3n) is 4.32. The summed E-state index contributed by atoms with van der Waals surface area (Å²) in [6, 6.07) is 11.4. The van der Waals surface area contributed by atoms with E-state index in [0.717, 1.165) is 20.0 Å². The van der Waals surface area contributed by atoms with Gasteiger partial charge in [0.05, 0.1) is 10.6 Å². The van der Waals surface area contributed by atoms with Crippen LogP contribution in [0.3, 0.4) is 0 Å². The Balaban J connectivity index is 1.94. The molecule has 31 heavy (non-hydrogen) atoms. The lowest BCUT2D eigenvalue weighted by Gasteiger charge is -2.25. The highest BCUT2D eigenvalue weighted by Crippen LogP contribution is 2.31. The van der Waals surface area contributed by atoms with Crippen molar-refractivity contribution in [2.24, 2.45) is 0 Å². The van der Waals surface area contributed by atoms with E-state index in [1.807, 2.05) is 13.8 Å². The normalized spacial score (nSPS) is 11.4. The summed E-state index contributed by atoms with van der Waals surface area (Å²) in [5.41, 5.74) is 1.83. The van der Waals surface area contributed by atoms with Gasteiger partial charge >= 0.3 is 0 Å². The molecular weight excluding hydrogens is 476 g/mol. The van der Waals surface area contributed by atoms with E-state index in [1.165, 1.54) is 35.2 Å². The Morgan fingerprint density at radius 3 is 2.55 bits per heavy atom. The number of hydrogen-bond acceptors (Lipinski definition) is 7. The summed E-state index contributed by atoms with van der Waals surface area (Å²) < 4.78 is 28.7. The number of carbonyl (C=O) groups excluding carboxylic acids is 1. The van der Waals surface area contributed by atoms with Gasteiger partial charge in [-0.25, -0.2) is 8.42 Å². The summed E-state index contributed by atoms with van der Waals surface area (Å²) in [5, 5.41) is 11.3. The van der Waals surface area contributed by atoms with Gasteiger partial charge < -0.3 is 0 Å². The van der Waals surface area contributed by atoms with Crippen LogP contribution in [0.4, 0.5) is 10.8 Å². The summed E-state index contributed by atoms with van der Waals surface area (Å²) in [5.74, 6) is 0.304. The Morgan fingerprint density at radius 2 is 1.87 bits per heavy atom. The summed E-state index contributed by atoms with van der Waals surface area (Å²) in [7, 11) is -4.02. The summed E-state index contributed by atoms with van der Waals surface area (Å²) >= 11 is 8.98. The lowest BCUT2D eigenvalue weighted by atomic mass is 10.2. The molecule has 0 fully saturated rings. The highest BCUT2D eigenvalue weighted by molar-refractivity contribution is 8.01. The second kappa shape index (κ2) is 9.99. The number of aromatic nitrogens is 2. The lowest BCUT2D eigenvalue weighted by molar-refractivity contribution is -0.114. The van der Waals surface area contributed by atoms with Gasteiger partial charge in [-0.2, -0.15) is 0 Å². The van der Waals surface area contributed by atoms with Crippen LogP contribution in [-0.2, 0) is 14.8 Å². The number of aryl methyl sites for hydroxylation is 1. The van der Waals surface area contributed by atoms with Gasteiger partial charge in [0.15, 0.2) is 4.34 Å². The molecule has 3 rings (SSSR count). The number of sulfonamides is 1. The minimum Gasteiger partial charge on any atom is -0.299 e. The number of benzene rings is 2. The van der Waals surface area contributed by atoms with Gasteiger partial charge in [0.25, 0.3) is 10.0 Å². The Bertz CT molecular complexity index is 1180. The van der Waals surface area contributed by atoms with Gasteiger partial charge in [-0.3, -0.25) is 14.4 Å². The van der Waals surface area contributed by atoms with Crippen LogP contribution >= 0.6 is 34.7 Å². The first-order valence-corrected chi connectivity index (χ1v) is 12.9. The Kier molecular flexibility index (Phi) is 7.58. The zero-order valence-electron chi connectivity index (χ0n) is 17.1. The average Bonchev–Trinajstić information content (AvgIpc) is 3.16. The smallest absolute Gasteiger partial charge is 0.264 e. The van der Waals surface area contributed by atoms with E-state index in [1.54, 1.807) is 37.3 Å². The summed E-state index contributed by atoms with van der Waals surface area (Å²) in [6.07, 6.45) is 0. The van der Waals surface area contributed by atoms with Gasteiger partial charge in [-0.15, -0.1) is 10.2 Å². The molecule has 1 aromatic heterocycles. The number of hydrogen-bond donors (Lipinski definition) is 1. The molecule has 1 heterocycles. The molecule has 164 valence electrons. The SMILES string of the molecule is CCSc1nnc(NC(=O)CN(c2cccc(Cl)c2C)S(=O)(=O)c2ccc(C)cc2)s1. The molecular formula is C20H21ClN4O3S3. The molecule has 0 atom stereocenters. The first-order valence-electron chi connectivity index (χ1n) is 9.33. The second-order valence-corrected chi connectivity index (χ2v) is 11.3. The van der Waals surface area contributed by atoms with Gasteiger partial charge in [0, 0.05) is 5.02 Å². The molecule has 2 aromatic carbocycles. The summed E-state index contributed by atoms with van der Waals surface area (Å²) in [6.45, 7) is 5.14. The van der Waals surface area contributed by atoms with Gasteiger partial charge in [0.2, 0.25) is 11.0 Å². The number of thioether (sulfide) groups is 1. The van der Waals surface area contributed by atoms with Crippen molar-refractivity contribution < 1.29 is 13.2 Å². The van der Waals surface area contributed by atoms with E-state index in [4.69, 9.17) is 11.6 Å². The topological polar surface area (TPSA) is 92.3 Å². The molecule has 0 aliphatic carbocycles. The molecule has 0 radical (unpaired) electrons. The van der Waals surface area contributed by atoms with E-state index >= 15 is 0 Å². The second-order valence-electron chi connectivity index (χ2n) is 6.56. The van der Waals surface area contributed by atoms with Crippen LogP contribution in [0.25, 0.3) is 0 Å². The van der Waals surface area contributed by atoms with Crippen molar-refractivity contribution in [2.75, 3.05) is 21.9 Å². The molecule has 0 saturated heterocycles. The fraction of sp³-hybridized carbons (Fsp3) is 0.250. The quantitative estimate of drug-likeness (QED) is 0.357. The zero-order chi connectivity index (χ0) is 22.6. The molecule has 11 heteroatoms. The van der Waals surface area contributed by atoms with Crippen LogP contribution in [0.15, 0.2) is 51.7 Å². The molecule has 3 aromatic rings. The van der Waals surface area contributed by atoms with Crippen molar-refractivity contribution in [2.45, 2.75) is 30.0 Å². The van der Waals surface area contributed by atoms with E-state index in [-0.39, 0.29) is 4.90 Å².